The summed E-state index contributed by atoms with van der Waals surface area (Å²) in [5.41, 5.74) is 0.758. The van der Waals surface area contributed by atoms with Crippen molar-refractivity contribution in [3.05, 3.63) is 41.1 Å². The van der Waals surface area contributed by atoms with E-state index < -0.39 is 0 Å². The van der Waals surface area contributed by atoms with Gasteiger partial charge in [-0.15, -0.1) is 5.10 Å². The highest BCUT2D eigenvalue weighted by molar-refractivity contribution is 9.10. The molecule has 0 aliphatic rings. The van der Waals surface area contributed by atoms with Crippen molar-refractivity contribution in [1.82, 2.24) is 15.0 Å². The van der Waals surface area contributed by atoms with Gasteiger partial charge >= 0.3 is 0 Å². The Morgan fingerprint density at radius 3 is 2.75 bits per heavy atom. The maximum absolute atomic E-state index is 11.6. The van der Waals surface area contributed by atoms with Gasteiger partial charge in [-0.1, -0.05) is 21.1 Å². The van der Waals surface area contributed by atoms with Crippen LogP contribution in [0, 0.1) is 0 Å². The van der Waals surface area contributed by atoms with E-state index in [1.165, 1.54) is 10.9 Å². The average Bonchev–Trinajstić information content (AvgIpc) is 2.74. The van der Waals surface area contributed by atoms with Crippen LogP contribution >= 0.6 is 15.9 Å². The summed E-state index contributed by atoms with van der Waals surface area (Å²) < 4.78 is 2.44. The molecule has 0 aliphatic carbocycles. The first kappa shape index (κ1) is 10.8. The molecule has 82 valence electrons. The quantitative estimate of drug-likeness (QED) is 0.931. The fraction of sp³-hybridized carbons (Fsp3) is 0.100. The number of amides is 1. The monoisotopic (exact) mass is 280 g/mol. The maximum atomic E-state index is 11.6. The van der Waals surface area contributed by atoms with Gasteiger partial charge in [-0.25, -0.2) is 4.68 Å². The topological polar surface area (TPSA) is 59.8 Å². The van der Waals surface area contributed by atoms with Crippen LogP contribution in [0.15, 0.2) is 41.1 Å². The first-order valence-electron chi connectivity index (χ1n) is 4.63. The van der Waals surface area contributed by atoms with Crippen LogP contribution in [0.1, 0.15) is 0 Å². The van der Waals surface area contributed by atoms with Gasteiger partial charge < -0.3 is 5.32 Å². The minimum atomic E-state index is -0.132. The van der Waals surface area contributed by atoms with Gasteiger partial charge in [0.1, 0.15) is 6.54 Å². The zero-order valence-corrected chi connectivity index (χ0v) is 9.89. The molecule has 1 N–H and O–H groups in total. The summed E-state index contributed by atoms with van der Waals surface area (Å²) in [5, 5.41) is 10.1. The van der Waals surface area contributed by atoms with Crippen LogP contribution in [0.5, 0.6) is 0 Å². The second-order valence-corrected chi connectivity index (χ2v) is 4.07. The number of rotatable bonds is 3. The molecule has 1 aromatic heterocycles. The highest BCUT2D eigenvalue weighted by atomic mass is 79.9. The Morgan fingerprint density at radius 2 is 2.12 bits per heavy atom. The minimum absolute atomic E-state index is 0.132. The molecule has 5 nitrogen and oxygen atoms in total. The highest BCUT2D eigenvalue weighted by Crippen LogP contribution is 2.13. The van der Waals surface area contributed by atoms with Crippen LogP contribution < -0.4 is 5.32 Å². The van der Waals surface area contributed by atoms with E-state index in [1.807, 2.05) is 24.3 Å². The summed E-state index contributed by atoms with van der Waals surface area (Å²) in [6.45, 7) is 0.163. The highest BCUT2D eigenvalue weighted by Gasteiger charge is 2.03. The Balaban J connectivity index is 1.95. The van der Waals surface area contributed by atoms with Gasteiger partial charge in [0.05, 0.1) is 6.20 Å². The normalized spacial score (nSPS) is 10.1. The van der Waals surface area contributed by atoms with Crippen molar-refractivity contribution >= 4 is 27.5 Å². The summed E-state index contributed by atoms with van der Waals surface area (Å²) in [6, 6.07) is 7.38. The van der Waals surface area contributed by atoms with Crippen LogP contribution in [0.3, 0.4) is 0 Å². The largest absolute Gasteiger partial charge is 0.324 e. The van der Waals surface area contributed by atoms with Crippen LogP contribution in [-0.2, 0) is 11.3 Å². The van der Waals surface area contributed by atoms with E-state index in [2.05, 4.69) is 31.6 Å². The number of halogens is 1. The Morgan fingerprint density at radius 1 is 1.38 bits per heavy atom. The molecule has 0 aliphatic heterocycles. The number of carbonyl (C=O) groups excluding carboxylic acids is 1. The van der Waals surface area contributed by atoms with Crippen LogP contribution in [0.2, 0.25) is 0 Å². The maximum Gasteiger partial charge on any atom is 0.246 e. The number of benzene rings is 1. The van der Waals surface area contributed by atoms with Crippen molar-refractivity contribution in [2.75, 3.05) is 5.32 Å². The van der Waals surface area contributed by atoms with Crippen molar-refractivity contribution < 1.29 is 4.79 Å². The van der Waals surface area contributed by atoms with Crippen LogP contribution in [0.4, 0.5) is 5.69 Å². The van der Waals surface area contributed by atoms with Crippen molar-refractivity contribution in [2.45, 2.75) is 6.54 Å². The summed E-state index contributed by atoms with van der Waals surface area (Å²) in [6.07, 6.45) is 3.17. The Hall–Kier alpha value is -1.69. The van der Waals surface area contributed by atoms with Crippen molar-refractivity contribution in [1.29, 1.82) is 0 Å². The smallest absolute Gasteiger partial charge is 0.246 e. The summed E-state index contributed by atoms with van der Waals surface area (Å²) in [7, 11) is 0. The number of nitrogens with one attached hydrogen (secondary N) is 1. The molecule has 1 aromatic carbocycles. The lowest BCUT2D eigenvalue weighted by atomic mass is 10.3. The third-order valence-corrected chi connectivity index (χ3v) is 2.43. The molecular formula is C10H9BrN4O. The average molecular weight is 281 g/mol. The summed E-state index contributed by atoms with van der Waals surface area (Å²) in [4.78, 5) is 11.6. The van der Waals surface area contributed by atoms with E-state index in [0.29, 0.717) is 0 Å². The number of carbonyl (C=O) groups is 1. The van der Waals surface area contributed by atoms with E-state index in [0.717, 1.165) is 10.2 Å². The molecular weight excluding hydrogens is 272 g/mol. The molecule has 16 heavy (non-hydrogen) atoms. The van der Waals surface area contributed by atoms with Gasteiger partial charge in [0.15, 0.2) is 0 Å². The third-order valence-electron chi connectivity index (χ3n) is 1.91. The van der Waals surface area contributed by atoms with Gasteiger partial charge in [-0.05, 0) is 24.3 Å². The van der Waals surface area contributed by atoms with Gasteiger partial charge in [0.25, 0.3) is 0 Å². The van der Waals surface area contributed by atoms with Crippen molar-refractivity contribution in [3.8, 4) is 0 Å². The molecule has 1 amide bonds. The molecule has 6 heteroatoms. The first-order valence-corrected chi connectivity index (χ1v) is 5.43. The first-order chi connectivity index (χ1) is 7.74. The number of hydrogen-bond donors (Lipinski definition) is 1. The third kappa shape index (κ3) is 2.90. The molecule has 0 unspecified atom stereocenters. The number of aromatic nitrogens is 3. The summed E-state index contributed by atoms with van der Waals surface area (Å²) >= 11 is 3.33. The van der Waals surface area contributed by atoms with Gasteiger partial charge in [0.2, 0.25) is 5.91 Å². The predicted octanol–water partition coefficient (Wildman–Crippen LogP) is 1.68. The van der Waals surface area contributed by atoms with E-state index in [4.69, 9.17) is 0 Å². The van der Waals surface area contributed by atoms with Gasteiger partial charge in [0, 0.05) is 16.4 Å². The second-order valence-electron chi connectivity index (χ2n) is 3.16. The molecule has 0 fully saturated rings. The SMILES string of the molecule is O=C(Cn1ccnn1)Nc1ccc(Br)cc1. The second kappa shape index (κ2) is 4.89. The lowest BCUT2D eigenvalue weighted by Gasteiger charge is -2.04. The Labute approximate surface area is 101 Å². The standard InChI is InChI=1S/C10H9BrN4O/c11-8-1-3-9(4-2-8)13-10(16)7-15-6-5-12-14-15/h1-6H,7H2,(H,13,16). The van der Waals surface area contributed by atoms with E-state index >= 15 is 0 Å². The Kier molecular flexibility index (Phi) is 3.31. The summed E-state index contributed by atoms with van der Waals surface area (Å²) in [5.74, 6) is -0.132. The van der Waals surface area contributed by atoms with Crippen molar-refractivity contribution in [2.24, 2.45) is 0 Å². The zero-order chi connectivity index (χ0) is 11.4. The zero-order valence-electron chi connectivity index (χ0n) is 8.30. The molecule has 0 atom stereocenters. The van der Waals surface area contributed by atoms with Crippen molar-refractivity contribution in [3.63, 3.8) is 0 Å². The molecule has 2 rings (SSSR count). The molecule has 0 radical (unpaired) electrons. The van der Waals surface area contributed by atoms with Gasteiger partial charge in [-0.3, -0.25) is 4.79 Å². The number of anilines is 1. The molecule has 2 aromatic rings. The molecule has 0 saturated heterocycles. The van der Waals surface area contributed by atoms with Crippen LogP contribution in [0.25, 0.3) is 0 Å². The minimum Gasteiger partial charge on any atom is -0.324 e. The molecule has 1 heterocycles. The molecule has 0 saturated carbocycles. The fourth-order valence-corrected chi connectivity index (χ4v) is 1.46. The fourth-order valence-electron chi connectivity index (χ4n) is 1.20. The number of hydrogen-bond acceptors (Lipinski definition) is 3. The Bertz CT molecular complexity index is 466. The predicted molar refractivity (Wildman–Crippen MR) is 62.8 cm³/mol. The van der Waals surface area contributed by atoms with Gasteiger partial charge in [-0.2, -0.15) is 0 Å². The lowest BCUT2D eigenvalue weighted by Crippen LogP contribution is -2.19. The van der Waals surface area contributed by atoms with Crippen LogP contribution in [-0.4, -0.2) is 20.9 Å². The van der Waals surface area contributed by atoms with E-state index in [9.17, 15) is 4.79 Å². The van der Waals surface area contributed by atoms with E-state index in [1.54, 1.807) is 6.20 Å². The molecule has 0 spiro atoms. The number of nitrogens with zero attached hydrogens (tertiary/aromatic N) is 3. The lowest BCUT2D eigenvalue weighted by molar-refractivity contribution is -0.116. The molecule has 0 bridgehead atoms. The van der Waals surface area contributed by atoms with E-state index in [-0.39, 0.29) is 12.5 Å².